The zero-order valence-electron chi connectivity index (χ0n) is 12.2. The number of rotatable bonds is 8. The van der Waals surface area contributed by atoms with E-state index < -0.39 is 0 Å². The Hall–Kier alpha value is -0.580. The second-order valence-corrected chi connectivity index (χ2v) is 6.30. The van der Waals surface area contributed by atoms with Crippen molar-refractivity contribution in [3.8, 4) is 5.75 Å². The van der Waals surface area contributed by atoms with Crippen molar-refractivity contribution in [2.24, 2.45) is 5.92 Å². The number of hydrogen-bond donors (Lipinski definition) is 1. The molecule has 1 aliphatic carbocycles. The number of halogens is 1. The Morgan fingerprint density at radius 1 is 1.30 bits per heavy atom. The summed E-state index contributed by atoms with van der Waals surface area (Å²) in [6, 6.07) is 6.23. The van der Waals surface area contributed by atoms with Crippen LogP contribution in [-0.2, 0) is 11.3 Å². The van der Waals surface area contributed by atoms with E-state index in [4.69, 9.17) is 9.47 Å². The van der Waals surface area contributed by atoms with Gasteiger partial charge in [0.1, 0.15) is 5.75 Å². The van der Waals surface area contributed by atoms with E-state index in [1.54, 1.807) is 7.11 Å². The smallest absolute Gasteiger partial charge is 0.123 e. The molecule has 1 N–H and O–H groups in total. The first kappa shape index (κ1) is 15.8. The molecule has 1 saturated carbocycles. The minimum absolute atomic E-state index is 0.728. The zero-order valence-corrected chi connectivity index (χ0v) is 13.7. The number of methoxy groups -OCH3 is 1. The van der Waals surface area contributed by atoms with Crippen LogP contribution >= 0.6 is 15.9 Å². The molecule has 4 heteroatoms. The topological polar surface area (TPSA) is 30.5 Å². The minimum Gasteiger partial charge on any atom is -0.493 e. The number of nitrogens with one attached hydrogen (secondary N) is 1. The molecule has 0 heterocycles. The van der Waals surface area contributed by atoms with Crippen LogP contribution < -0.4 is 10.1 Å². The first-order valence-electron chi connectivity index (χ1n) is 7.40. The summed E-state index contributed by atoms with van der Waals surface area (Å²) in [5, 5.41) is 3.37. The monoisotopic (exact) mass is 341 g/mol. The molecule has 2 rings (SSSR count). The first-order chi connectivity index (χ1) is 9.79. The van der Waals surface area contributed by atoms with Crippen molar-refractivity contribution >= 4 is 15.9 Å². The summed E-state index contributed by atoms with van der Waals surface area (Å²) in [6.07, 6.45) is 5.36. The molecule has 0 unspecified atom stereocenters. The molecule has 0 aromatic heterocycles. The molecule has 0 saturated heterocycles. The van der Waals surface area contributed by atoms with Crippen LogP contribution in [0.4, 0.5) is 0 Å². The molecule has 0 radical (unpaired) electrons. The Bertz CT molecular complexity index is 405. The van der Waals surface area contributed by atoms with Crippen molar-refractivity contribution in [1.29, 1.82) is 0 Å². The average molecular weight is 342 g/mol. The lowest BCUT2D eigenvalue weighted by Crippen LogP contribution is -2.19. The van der Waals surface area contributed by atoms with Crippen LogP contribution in [0, 0.1) is 5.92 Å². The Kier molecular flexibility index (Phi) is 6.83. The fraction of sp³-hybridized carbons (Fsp3) is 0.625. The van der Waals surface area contributed by atoms with Crippen molar-refractivity contribution < 1.29 is 9.47 Å². The molecule has 0 atom stereocenters. The van der Waals surface area contributed by atoms with Crippen LogP contribution in [0.15, 0.2) is 22.7 Å². The summed E-state index contributed by atoms with van der Waals surface area (Å²) in [4.78, 5) is 0. The van der Waals surface area contributed by atoms with Gasteiger partial charge in [0.05, 0.1) is 13.2 Å². The molecule has 1 aromatic rings. The molecule has 3 nitrogen and oxygen atoms in total. The van der Waals surface area contributed by atoms with E-state index >= 15 is 0 Å². The molecule has 0 bridgehead atoms. The molecule has 1 fully saturated rings. The SMILES string of the molecule is COCCNCc1cc(Br)ccc1OCC1CCCC1. The Morgan fingerprint density at radius 3 is 2.85 bits per heavy atom. The molecule has 1 aromatic carbocycles. The highest BCUT2D eigenvalue weighted by Gasteiger charge is 2.16. The predicted octanol–water partition coefficient (Wildman–Crippen LogP) is 3.75. The van der Waals surface area contributed by atoms with Gasteiger partial charge in [0, 0.05) is 30.2 Å². The van der Waals surface area contributed by atoms with Crippen LogP contribution in [0.3, 0.4) is 0 Å². The van der Waals surface area contributed by atoms with Crippen LogP contribution in [0.2, 0.25) is 0 Å². The molecule has 0 amide bonds. The van der Waals surface area contributed by atoms with Crippen molar-refractivity contribution in [2.45, 2.75) is 32.2 Å². The number of ether oxygens (including phenoxy) is 2. The minimum atomic E-state index is 0.728. The van der Waals surface area contributed by atoms with Crippen LogP contribution in [-0.4, -0.2) is 26.9 Å². The normalized spacial score (nSPS) is 15.7. The number of benzene rings is 1. The number of hydrogen-bond acceptors (Lipinski definition) is 3. The Balaban J connectivity index is 1.88. The third kappa shape index (κ3) is 5.08. The van der Waals surface area contributed by atoms with Gasteiger partial charge in [-0.05, 0) is 37.0 Å². The highest BCUT2D eigenvalue weighted by Crippen LogP contribution is 2.28. The maximum atomic E-state index is 6.04. The largest absolute Gasteiger partial charge is 0.493 e. The predicted molar refractivity (Wildman–Crippen MR) is 85.2 cm³/mol. The second-order valence-electron chi connectivity index (χ2n) is 5.38. The molecule has 20 heavy (non-hydrogen) atoms. The molecule has 0 spiro atoms. The lowest BCUT2D eigenvalue weighted by atomic mass is 10.1. The van der Waals surface area contributed by atoms with E-state index in [0.29, 0.717) is 0 Å². The Labute approximate surface area is 130 Å². The molecular formula is C16H24BrNO2. The van der Waals surface area contributed by atoms with E-state index in [2.05, 4.69) is 33.4 Å². The zero-order chi connectivity index (χ0) is 14.2. The summed E-state index contributed by atoms with van der Waals surface area (Å²) in [7, 11) is 1.72. The fourth-order valence-corrected chi connectivity index (χ4v) is 3.02. The van der Waals surface area contributed by atoms with Gasteiger partial charge in [0.2, 0.25) is 0 Å². The second kappa shape index (κ2) is 8.65. The lowest BCUT2D eigenvalue weighted by molar-refractivity contribution is 0.198. The van der Waals surface area contributed by atoms with E-state index in [0.717, 1.165) is 42.4 Å². The van der Waals surface area contributed by atoms with Gasteiger partial charge in [-0.2, -0.15) is 0 Å². The van der Waals surface area contributed by atoms with Gasteiger partial charge < -0.3 is 14.8 Å². The highest BCUT2D eigenvalue weighted by atomic mass is 79.9. The first-order valence-corrected chi connectivity index (χ1v) is 8.20. The van der Waals surface area contributed by atoms with Crippen molar-refractivity contribution in [3.05, 3.63) is 28.2 Å². The van der Waals surface area contributed by atoms with Gasteiger partial charge in [-0.15, -0.1) is 0 Å². The maximum absolute atomic E-state index is 6.04. The van der Waals surface area contributed by atoms with E-state index in [9.17, 15) is 0 Å². The van der Waals surface area contributed by atoms with Gasteiger partial charge >= 0.3 is 0 Å². The van der Waals surface area contributed by atoms with Gasteiger partial charge in [0.25, 0.3) is 0 Å². The lowest BCUT2D eigenvalue weighted by Gasteiger charge is -2.15. The van der Waals surface area contributed by atoms with Crippen LogP contribution in [0.25, 0.3) is 0 Å². The van der Waals surface area contributed by atoms with E-state index in [-0.39, 0.29) is 0 Å². The van der Waals surface area contributed by atoms with Gasteiger partial charge in [-0.25, -0.2) is 0 Å². The molecule has 1 aliphatic rings. The molecule has 0 aliphatic heterocycles. The van der Waals surface area contributed by atoms with E-state index in [1.807, 2.05) is 6.07 Å². The van der Waals surface area contributed by atoms with E-state index in [1.165, 1.54) is 31.2 Å². The van der Waals surface area contributed by atoms with Crippen molar-refractivity contribution in [3.63, 3.8) is 0 Å². The van der Waals surface area contributed by atoms with Gasteiger partial charge in [-0.3, -0.25) is 0 Å². The molecule has 112 valence electrons. The fourth-order valence-electron chi connectivity index (χ4n) is 2.61. The highest BCUT2D eigenvalue weighted by molar-refractivity contribution is 9.10. The molecular weight excluding hydrogens is 318 g/mol. The summed E-state index contributed by atoms with van der Waals surface area (Å²) in [5.41, 5.74) is 1.20. The summed E-state index contributed by atoms with van der Waals surface area (Å²) in [5.74, 6) is 1.75. The third-order valence-corrected chi connectivity index (χ3v) is 4.26. The summed E-state index contributed by atoms with van der Waals surface area (Å²) in [6.45, 7) is 3.24. The van der Waals surface area contributed by atoms with Crippen molar-refractivity contribution in [1.82, 2.24) is 5.32 Å². The third-order valence-electron chi connectivity index (χ3n) is 3.77. The Morgan fingerprint density at radius 2 is 2.10 bits per heavy atom. The quantitative estimate of drug-likeness (QED) is 0.730. The average Bonchev–Trinajstić information content (AvgIpc) is 2.96. The summed E-state index contributed by atoms with van der Waals surface area (Å²) < 4.78 is 12.2. The maximum Gasteiger partial charge on any atom is 0.123 e. The van der Waals surface area contributed by atoms with Crippen LogP contribution in [0.1, 0.15) is 31.2 Å². The van der Waals surface area contributed by atoms with Crippen LogP contribution in [0.5, 0.6) is 5.75 Å². The standard InChI is InChI=1S/C16H24BrNO2/c1-19-9-8-18-11-14-10-15(17)6-7-16(14)20-12-13-4-2-3-5-13/h6-7,10,13,18H,2-5,8-9,11-12H2,1H3. The van der Waals surface area contributed by atoms with Gasteiger partial charge in [-0.1, -0.05) is 28.8 Å². The van der Waals surface area contributed by atoms with Gasteiger partial charge in [0.15, 0.2) is 0 Å². The van der Waals surface area contributed by atoms with Crippen molar-refractivity contribution in [2.75, 3.05) is 26.9 Å². The summed E-state index contributed by atoms with van der Waals surface area (Å²) >= 11 is 3.53.